The second kappa shape index (κ2) is 9.83. The largest absolute Gasteiger partial charge is 0.451 e. The highest BCUT2D eigenvalue weighted by Crippen LogP contribution is 2.34. The summed E-state index contributed by atoms with van der Waals surface area (Å²) in [5.74, 6) is -1.18. The average Bonchev–Trinajstić information content (AvgIpc) is 2.73. The summed E-state index contributed by atoms with van der Waals surface area (Å²) in [6.07, 6.45) is 0. The zero-order valence-corrected chi connectivity index (χ0v) is 18.6. The van der Waals surface area contributed by atoms with Crippen molar-refractivity contribution in [3.05, 3.63) is 56.3 Å². The van der Waals surface area contributed by atoms with Crippen molar-refractivity contribution in [2.45, 2.75) is 13.5 Å². The van der Waals surface area contributed by atoms with Crippen LogP contribution in [-0.2, 0) is 16.1 Å². The number of carbonyl (C=O) groups is 2. The van der Waals surface area contributed by atoms with Gasteiger partial charge in [-0.05, 0) is 12.5 Å². The number of piperazine rings is 1. The topological polar surface area (TPSA) is 88.8 Å². The van der Waals surface area contributed by atoms with E-state index < -0.39 is 12.6 Å². The van der Waals surface area contributed by atoms with Crippen molar-refractivity contribution in [2.75, 3.05) is 38.5 Å². The second-order valence-corrected chi connectivity index (χ2v) is 8.13. The first-order chi connectivity index (χ1) is 14.3. The van der Waals surface area contributed by atoms with E-state index in [1.165, 1.54) is 11.1 Å². The molecule has 1 aliphatic rings. The first-order valence-corrected chi connectivity index (χ1v) is 10.4. The van der Waals surface area contributed by atoms with Crippen molar-refractivity contribution in [1.82, 2.24) is 14.8 Å². The fourth-order valence-corrected chi connectivity index (χ4v) is 3.76. The number of pyridine rings is 1. The molecule has 1 aliphatic heterocycles. The summed E-state index contributed by atoms with van der Waals surface area (Å²) in [5.41, 5.74) is 7.82. The molecule has 2 heterocycles. The normalized spacial score (nSPS) is 14.6. The third kappa shape index (κ3) is 5.35. The molecule has 1 aromatic carbocycles. The van der Waals surface area contributed by atoms with Gasteiger partial charge in [0.15, 0.2) is 17.5 Å². The van der Waals surface area contributed by atoms with E-state index in [-0.39, 0.29) is 32.5 Å². The van der Waals surface area contributed by atoms with Gasteiger partial charge in [-0.15, -0.1) is 0 Å². The van der Waals surface area contributed by atoms with Gasteiger partial charge < -0.3 is 15.4 Å². The van der Waals surface area contributed by atoms with E-state index in [1.54, 1.807) is 4.90 Å². The van der Waals surface area contributed by atoms with E-state index >= 15 is 0 Å². The lowest BCUT2D eigenvalue weighted by atomic mass is 10.1. The summed E-state index contributed by atoms with van der Waals surface area (Å²) >= 11 is 17.7. The summed E-state index contributed by atoms with van der Waals surface area (Å²) in [6, 6.07) is 8.36. The molecule has 0 bridgehead atoms. The average molecular weight is 472 g/mol. The van der Waals surface area contributed by atoms with Crippen LogP contribution in [0.25, 0.3) is 0 Å². The Hall–Kier alpha value is -2.06. The quantitative estimate of drug-likeness (QED) is 0.531. The molecule has 1 amide bonds. The zero-order valence-electron chi connectivity index (χ0n) is 16.3. The third-order valence-corrected chi connectivity index (χ3v) is 5.94. The number of hydrogen-bond donors (Lipinski definition) is 1. The predicted molar refractivity (Wildman–Crippen MR) is 117 cm³/mol. The fourth-order valence-electron chi connectivity index (χ4n) is 3.18. The Morgan fingerprint density at radius 2 is 1.83 bits per heavy atom. The van der Waals surface area contributed by atoms with Crippen LogP contribution in [0.3, 0.4) is 0 Å². The number of amides is 1. The summed E-state index contributed by atoms with van der Waals surface area (Å²) < 4.78 is 5.06. The third-order valence-electron chi connectivity index (χ3n) is 4.81. The SMILES string of the molecule is Cc1cccc(CN2CCN(C(=O)COC(=O)c3nc(Cl)c(Cl)c(N)c3Cl)CC2)c1. The minimum atomic E-state index is -0.892. The molecule has 0 spiro atoms. The predicted octanol–water partition coefficient (Wildman–Crippen LogP) is 3.43. The van der Waals surface area contributed by atoms with Crippen LogP contribution in [0.15, 0.2) is 24.3 Å². The molecule has 1 saturated heterocycles. The number of nitrogen functional groups attached to an aromatic ring is 1. The van der Waals surface area contributed by atoms with Gasteiger partial charge in [-0.1, -0.05) is 64.6 Å². The summed E-state index contributed by atoms with van der Waals surface area (Å²) in [5, 5.41) is -0.369. The fraction of sp³-hybridized carbons (Fsp3) is 0.350. The van der Waals surface area contributed by atoms with Gasteiger partial charge in [0.1, 0.15) is 5.02 Å². The number of nitrogens with two attached hydrogens (primary N) is 1. The van der Waals surface area contributed by atoms with Gasteiger partial charge in [-0.3, -0.25) is 9.69 Å². The van der Waals surface area contributed by atoms with E-state index in [9.17, 15) is 9.59 Å². The Kier molecular flexibility index (Phi) is 7.41. The van der Waals surface area contributed by atoms with Gasteiger partial charge in [-0.25, -0.2) is 9.78 Å². The Bertz CT molecular complexity index is 963. The van der Waals surface area contributed by atoms with Gasteiger partial charge in [0.05, 0.1) is 10.7 Å². The molecule has 1 aromatic heterocycles. The van der Waals surface area contributed by atoms with Crippen molar-refractivity contribution in [3.8, 4) is 0 Å². The number of nitrogens with zero attached hydrogens (tertiary/aromatic N) is 3. The van der Waals surface area contributed by atoms with E-state index in [4.69, 9.17) is 45.3 Å². The number of aryl methyl sites for hydroxylation is 1. The van der Waals surface area contributed by atoms with Crippen molar-refractivity contribution in [3.63, 3.8) is 0 Å². The molecule has 2 N–H and O–H groups in total. The number of carbonyl (C=O) groups excluding carboxylic acids is 2. The molecule has 30 heavy (non-hydrogen) atoms. The molecule has 7 nitrogen and oxygen atoms in total. The van der Waals surface area contributed by atoms with Gasteiger partial charge >= 0.3 is 5.97 Å². The molecular formula is C20H21Cl3N4O3. The van der Waals surface area contributed by atoms with Crippen molar-refractivity contribution < 1.29 is 14.3 Å². The first-order valence-electron chi connectivity index (χ1n) is 9.29. The molecule has 0 saturated carbocycles. The van der Waals surface area contributed by atoms with Crippen LogP contribution in [0.5, 0.6) is 0 Å². The number of ether oxygens (including phenoxy) is 1. The summed E-state index contributed by atoms with van der Waals surface area (Å²) in [4.78, 5) is 32.4. The summed E-state index contributed by atoms with van der Waals surface area (Å²) in [6.45, 7) is 5.07. The van der Waals surface area contributed by atoms with Gasteiger partial charge in [0.25, 0.3) is 5.91 Å². The molecule has 3 rings (SSSR count). The Morgan fingerprint density at radius 1 is 1.13 bits per heavy atom. The highest BCUT2D eigenvalue weighted by atomic mass is 35.5. The minimum absolute atomic E-state index is 0.0437. The molecule has 0 radical (unpaired) electrons. The molecular weight excluding hydrogens is 451 g/mol. The standard InChI is InChI=1S/C20H21Cl3N4O3/c1-12-3-2-4-13(9-12)10-26-5-7-27(8-6-26)14(28)11-30-20(29)18-15(21)17(24)16(22)19(23)25-18/h2-4,9H,5-8,10-11H2,1H3,(H2,24,25). The van der Waals surface area contributed by atoms with Crippen LogP contribution in [0.1, 0.15) is 21.6 Å². The van der Waals surface area contributed by atoms with Crippen LogP contribution in [0, 0.1) is 6.92 Å². The number of hydrogen-bond acceptors (Lipinski definition) is 6. The number of aromatic nitrogens is 1. The molecule has 1 fully saturated rings. The number of rotatable bonds is 5. The maximum Gasteiger partial charge on any atom is 0.359 e. The van der Waals surface area contributed by atoms with E-state index in [2.05, 4.69) is 35.0 Å². The van der Waals surface area contributed by atoms with Crippen LogP contribution in [0.4, 0.5) is 5.69 Å². The monoisotopic (exact) mass is 470 g/mol. The Labute approximate surface area is 189 Å². The first kappa shape index (κ1) is 22.6. The van der Waals surface area contributed by atoms with Crippen LogP contribution >= 0.6 is 34.8 Å². The Morgan fingerprint density at radius 3 is 2.50 bits per heavy atom. The maximum absolute atomic E-state index is 12.4. The van der Waals surface area contributed by atoms with Crippen LogP contribution < -0.4 is 5.73 Å². The van der Waals surface area contributed by atoms with Gasteiger partial charge in [0, 0.05) is 32.7 Å². The number of esters is 1. The van der Waals surface area contributed by atoms with Crippen LogP contribution in [-0.4, -0.2) is 59.4 Å². The molecule has 10 heteroatoms. The van der Waals surface area contributed by atoms with E-state index in [0.717, 1.165) is 19.6 Å². The minimum Gasteiger partial charge on any atom is -0.451 e. The van der Waals surface area contributed by atoms with Gasteiger partial charge in [0.2, 0.25) is 0 Å². The molecule has 0 atom stereocenters. The lowest BCUT2D eigenvalue weighted by Gasteiger charge is -2.34. The molecule has 0 unspecified atom stereocenters. The number of benzene rings is 1. The lowest BCUT2D eigenvalue weighted by molar-refractivity contribution is -0.136. The second-order valence-electron chi connectivity index (χ2n) is 7.01. The van der Waals surface area contributed by atoms with Crippen LogP contribution in [0.2, 0.25) is 15.2 Å². The van der Waals surface area contributed by atoms with Gasteiger partial charge in [-0.2, -0.15) is 0 Å². The maximum atomic E-state index is 12.4. The van der Waals surface area contributed by atoms with Crippen molar-refractivity contribution in [1.29, 1.82) is 0 Å². The molecule has 160 valence electrons. The van der Waals surface area contributed by atoms with Crippen molar-refractivity contribution >= 4 is 52.4 Å². The molecule has 2 aromatic rings. The highest BCUT2D eigenvalue weighted by molar-refractivity contribution is 6.46. The lowest BCUT2D eigenvalue weighted by Crippen LogP contribution is -2.49. The number of halogens is 3. The highest BCUT2D eigenvalue weighted by Gasteiger charge is 2.25. The van der Waals surface area contributed by atoms with Crippen molar-refractivity contribution in [2.24, 2.45) is 0 Å². The summed E-state index contributed by atoms with van der Waals surface area (Å²) in [7, 11) is 0. The zero-order chi connectivity index (χ0) is 21.8. The smallest absolute Gasteiger partial charge is 0.359 e. The molecule has 0 aliphatic carbocycles. The van der Waals surface area contributed by atoms with E-state index in [0.29, 0.717) is 13.1 Å². The van der Waals surface area contributed by atoms with E-state index in [1.807, 2.05) is 6.07 Å². The number of anilines is 1. The Balaban J connectivity index is 1.50.